The van der Waals surface area contributed by atoms with E-state index in [4.69, 9.17) is 9.98 Å². The molecule has 0 aliphatic rings. The van der Waals surface area contributed by atoms with Gasteiger partial charge in [0.05, 0.1) is 22.8 Å². The van der Waals surface area contributed by atoms with Gasteiger partial charge in [0.1, 0.15) is 0 Å². The summed E-state index contributed by atoms with van der Waals surface area (Å²) >= 11 is 0. The van der Waals surface area contributed by atoms with Crippen molar-refractivity contribution in [1.82, 2.24) is 0 Å². The van der Waals surface area contributed by atoms with Crippen LogP contribution in [0.15, 0.2) is 46.4 Å². The average molecular weight is 609 g/mol. The molecule has 0 bridgehead atoms. The first kappa shape index (κ1) is 34.5. The largest absolute Gasteiger partial charge is 0.252 e. The molecule has 0 aliphatic heterocycles. The number of rotatable bonds is 18. The first-order valence-corrected chi connectivity index (χ1v) is 15.5. The van der Waals surface area contributed by atoms with Gasteiger partial charge in [-0.3, -0.25) is 9.98 Å². The monoisotopic (exact) mass is 608 g/mol. The van der Waals surface area contributed by atoms with Crippen molar-refractivity contribution in [2.45, 2.75) is 138 Å². The molecule has 3 heteroatoms. The predicted molar refractivity (Wildman–Crippen MR) is 167 cm³/mol. The molecule has 0 amide bonds. The Bertz CT molecular complexity index is 989. The molecular formula is C35H54N2Pd. The van der Waals surface area contributed by atoms with Crippen molar-refractivity contribution in [3.05, 3.63) is 58.7 Å². The molecule has 2 aromatic rings. The average Bonchev–Trinajstić information content (AvgIpc) is 2.93. The maximum atomic E-state index is 5.31. The summed E-state index contributed by atoms with van der Waals surface area (Å²) in [5, 5.41) is 0. The summed E-state index contributed by atoms with van der Waals surface area (Å²) < 4.78 is 0. The van der Waals surface area contributed by atoms with Gasteiger partial charge in [-0.2, -0.15) is 0 Å². The Hall–Kier alpha value is -1.56. The number of hydrogen-bond donors (Lipinski definition) is 0. The van der Waals surface area contributed by atoms with Gasteiger partial charge in [0.15, 0.2) is 0 Å². The minimum absolute atomic E-state index is 0. The topological polar surface area (TPSA) is 24.7 Å². The first-order valence-electron chi connectivity index (χ1n) is 15.5. The van der Waals surface area contributed by atoms with E-state index in [1.54, 1.807) is 0 Å². The predicted octanol–water partition coefficient (Wildman–Crippen LogP) is 11.1. The smallest absolute Gasteiger partial charge is 0.0636 e. The molecule has 38 heavy (non-hydrogen) atoms. The molecule has 0 fully saturated rings. The van der Waals surface area contributed by atoms with Crippen molar-refractivity contribution < 1.29 is 20.4 Å². The van der Waals surface area contributed by atoms with Crippen molar-refractivity contribution in [2.75, 3.05) is 0 Å². The third kappa shape index (κ3) is 11.7. The van der Waals surface area contributed by atoms with E-state index in [1.807, 2.05) is 0 Å². The third-order valence-corrected chi connectivity index (χ3v) is 7.55. The Morgan fingerprint density at radius 1 is 0.474 bits per heavy atom. The number of unbranched alkanes of at least 4 members (excludes halogenated alkanes) is 7. The normalized spacial score (nSPS) is 12.1. The molecule has 0 spiro atoms. The minimum Gasteiger partial charge on any atom is -0.252 e. The van der Waals surface area contributed by atoms with Crippen LogP contribution in [0.25, 0.3) is 0 Å². The van der Waals surface area contributed by atoms with Crippen LogP contribution in [0.4, 0.5) is 11.4 Å². The Labute approximate surface area is 248 Å². The van der Waals surface area contributed by atoms with Crippen molar-refractivity contribution in [3.8, 4) is 0 Å². The van der Waals surface area contributed by atoms with Crippen LogP contribution in [-0.2, 0) is 46.1 Å². The Morgan fingerprint density at radius 3 is 1.26 bits per heavy atom. The summed E-state index contributed by atoms with van der Waals surface area (Å²) in [6.45, 7) is 13.6. The van der Waals surface area contributed by atoms with Gasteiger partial charge >= 0.3 is 0 Å². The number of hydrogen-bond acceptors (Lipinski definition) is 2. The Kier molecular flexibility index (Phi) is 18.5. The fourth-order valence-electron chi connectivity index (χ4n) is 5.17. The maximum absolute atomic E-state index is 5.31. The second-order valence-corrected chi connectivity index (χ2v) is 10.4. The van der Waals surface area contributed by atoms with E-state index in [2.05, 4.69) is 77.9 Å². The van der Waals surface area contributed by atoms with Crippen LogP contribution in [-0.4, -0.2) is 11.4 Å². The van der Waals surface area contributed by atoms with E-state index in [-0.39, 0.29) is 20.4 Å². The molecule has 2 nitrogen and oxygen atoms in total. The zero-order chi connectivity index (χ0) is 26.9. The van der Waals surface area contributed by atoms with E-state index in [0.29, 0.717) is 0 Å². The Balaban J connectivity index is 0.00000722. The summed E-state index contributed by atoms with van der Waals surface area (Å²) in [5.74, 6) is 0. The third-order valence-electron chi connectivity index (χ3n) is 7.55. The van der Waals surface area contributed by atoms with Crippen molar-refractivity contribution in [1.29, 1.82) is 0 Å². The van der Waals surface area contributed by atoms with Crippen LogP contribution < -0.4 is 0 Å². The molecule has 2 rings (SSSR count). The van der Waals surface area contributed by atoms with Crippen LogP contribution in [0.2, 0.25) is 0 Å². The maximum Gasteiger partial charge on any atom is 0.0636 e. The summed E-state index contributed by atoms with van der Waals surface area (Å²) in [6, 6.07) is 13.6. The minimum atomic E-state index is 0. The van der Waals surface area contributed by atoms with Gasteiger partial charge in [0.2, 0.25) is 0 Å². The van der Waals surface area contributed by atoms with Crippen molar-refractivity contribution in [3.63, 3.8) is 0 Å². The van der Waals surface area contributed by atoms with Gasteiger partial charge in [0.25, 0.3) is 0 Å². The zero-order valence-electron chi connectivity index (χ0n) is 25.3. The molecule has 0 atom stereocenters. The first-order chi connectivity index (χ1) is 18.1. The second kappa shape index (κ2) is 20.4. The molecule has 0 aliphatic carbocycles. The SMILES string of the molecule is CCCCCCCCC(=Nc1ccc(CC)c(CC)c1)C(CCCCC)=Nc1ccc(CC)c(CC)c1.[Pd]. The molecule has 0 unspecified atom stereocenters. The summed E-state index contributed by atoms with van der Waals surface area (Å²) in [6.07, 6.45) is 17.7. The van der Waals surface area contributed by atoms with E-state index < -0.39 is 0 Å². The molecule has 0 saturated carbocycles. The number of nitrogens with zero attached hydrogens (tertiary/aromatic N) is 2. The van der Waals surface area contributed by atoms with Crippen LogP contribution >= 0.6 is 0 Å². The van der Waals surface area contributed by atoms with Gasteiger partial charge in [-0.25, -0.2) is 0 Å². The number of benzene rings is 2. The van der Waals surface area contributed by atoms with Crippen LogP contribution in [0.1, 0.15) is 134 Å². The van der Waals surface area contributed by atoms with E-state index in [9.17, 15) is 0 Å². The van der Waals surface area contributed by atoms with Crippen LogP contribution in [0.3, 0.4) is 0 Å². The summed E-state index contributed by atoms with van der Waals surface area (Å²) in [5.41, 5.74) is 10.3. The number of aryl methyl sites for hydroxylation is 4. The Morgan fingerprint density at radius 2 is 0.842 bits per heavy atom. The zero-order valence-corrected chi connectivity index (χ0v) is 26.8. The molecular weight excluding hydrogens is 555 g/mol. The fourth-order valence-corrected chi connectivity index (χ4v) is 5.17. The van der Waals surface area contributed by atoms with Gasteiger partial charge in [0, 0.05) is 20.4 Å². The molecule has 0 radical (unpaired) electrons. The standard InChI is InChI=1S/C35H54N2.Pd/c1-7-13-15-16-17-19-21-35(37-33-25-23-29(10-4)31(12-6)27-33)34(20-18-14-8-2)36-32-24-22-28(9-3)30(11-5)26-32;/h22-27H,7-21H2,1-6H3;. The van der Waals surface area contributed by atoms with Gasteiger partial charge in [-0.05, 0) is 97.9 Å². The molecule has 0 saturated heterocycles. The number of aliphatic imine (C=N–C) groups is 2. The van der Waals surface area contributed by atoms with Gasteiger partial charge in [-0.1, -0.05) is 98.6 Å². The van der Waals surface area contributed by atoms with E-state index >= 15 is 0 Å². The summed E-state index contributed by atoms with van der Waals surface area (Å²) in [4.78, 5) is 10.6. The van der Waals surface area contributed by atoms with Crippen molar-refractivity contribution >= 4 is 22.8 Å². The molecule has 0 heterocycles. The van der Waals surface area contributed by atoms with Gasteiger partial charge < -0.3 is 0 Å². The van der Waals surface area contributed by atoms with E-state index in [1.165, 1.54) is 91.5 Å². The molecule has 0 aromatic heterocycles. The quantitative estimate of drug-likeness (QED) is 0.0913. The molecule has 0 N–H and O–H groups in total. The second-order valence-electron chi connectivity index (χ2n) is 10.4. The fraction of sp³-hybridized carbons (Fsp3) is 0.600. The summed E-state index contributed by atoms with van der Waals surface area (Å²) in [7, 11) is 0. The van der Waals surface area contributed by atoms with Crippen LogP contribution in [0.5, 0.6) is 0 Å². The van der Waals surface area contributed by atoms with Crippen LogP contribution in [0, 0.1) is 0 Å². The molecule has 2 aromatic carbocycles. The van der Waals surface area contributed by atoms with Gasteiger partial charge in [-0.15, -0.1) is 0 Å². The molecule has 214 valence electrons. The van der Waals surface area contributed by atoms with Crippen molar-refractivity contribution in [2.24, 2.45) is 9.98 Å². The van der Waals surface area contributed by atoms with E-state index in [0.717, 1.165) is 49.9 Å².